The highest BCUT2D eigenvalue weighted by Crippen LogP contribution is 2.29. The molecule has 7 heteroatoms. The van der Waals surface area contributed by atoms with Crippen molar-refractivity contribution in [2.24, 2.45) is 0 Å². The van der Waals surface area contributed by atoms with Crippen LogP contribution in [0.5, 0.6) is 0 Å². The Morgan fingerprint density at radius 2 is 2.15 bits per heavy atom. The van der Waals surface area contributed by atoms with Gasteiger partial charge in [-0.3, -0.25) is 0 Å². The van der Waals surface area contributed by atoms with E-state index < -0.39 is 0 Å². The molecule has 108 valence electrons. The zero-order chi connectivity index (χ0) is 14.4. The molecule has 2 rings (SSSR count). The second-order valence-electron chi connectivity index (χ2n) is 4.48. The van der Waals surface area contributed by atoms with E-state index in [0.29, 0.717) is 16.5 Å². The normalized spacial score (nSPS) is 10.9. The van der Waals surface area contributed by atoms with E-state index in [1.807, 2.05) is 12.1 Å². The fourth-order valence-electron chi connectivity index (χ4n) is 1.96. The summed E-state index contributed by atoms with van der Waals surface area (Å²) in [6.45, 7) is 1.53. The maximum atomic E-state index is 6.03. The maximum Gasteiger partial charge on any atom is 0.184 e. The molecule has 0 aliphatic rings. The Bertz CT molecular complexity index is 557. The van der Waals surface area contributed by atoms with Gasteiger partial charge in [-0.15, -0.1) is 5.10 Å². The molecule has 0 atom stereocenters. The number of methoxy groups -OCH3 is 1. The molecule has 0 amide bonds. The number of aryl methyl sites for hydroxylation is 1. The summed E-state index contributed by atoms with van der Waals surface area (Å²) in [5.41, 5.74) is 7.25. The number of benzene rings is 1. The van der Waals surface area contributed by atoms with Gasteiger partial charge in [0.25, 0.3) is 0 Å². The predicted molar refractivity (Wildman–Crippen MR) is 78.4 cm³/mol. The van der Waals surface area contributed by atoms with Crippen LogP contribution in [0, 0.1) is 0 Å². The SMILES string of the molecule is COCCCCCn1nnnc1-c1cccc(Cl)c1N. The number of hydrogen-bond acceptors (Lipinski definition) is 5. The Morgan fingerprint density at radius 1 is 1.30 bits per heavy atom. The fourth-order valence-corrected chi connectivity index (χ4v) is 2.14. The van der Waals surface area contributed by atoms with Crippen molar-refractivity contribution in [3.05, 3.63) is 23.2 Å². The third-order valence-corrected chi connectivity index (χ3v) is 3.37. The molecule has 1 aromatic heterocycles. The van der Waals surface area contributed by atoms with Crippen LogP contribution in [0.25, 0.3) is 11.4 Å². The van der Waals surface area contributed by atoms with Crippen LogP contribution in [-0.2, 0) is 11.3 Å². The van der Waals surface area contributed by atoms with E-state index in [4.69, 9.17) is 22.1 Å². The molecule has 0 unspecified atom stereocenters. The number of unbranched alkanes of at least 4 members (excludes halogenated alkanes) is 2. The molecule has 0 saturated heterocycles. The van der Waals surface area contributed by atoms with Crippen molar-refractivity contribution in [1.29, 1.82) is 0 Å². The highest BCUT2D eigenvalue weighted by molar-refractivity contribution is 6.33. The van der Waals surface area contributed by atoms with Crippen molar-refractivity contribution in [3.63, 3.8) is 0 Å². The highest BCUT2D eigenvalue weighted by Gasteiger charge is 2.13. The molecule has 0 radical (unpaired) electrons. The molecule has 2 aromatic rings. The number of nitrogens with zero attached hydrogens (tertiary/aromatic N) is 4. The lowest BCUT2D eigenvalue weighted by molar-refractivity contribution is 0.191. The van der Waals surface area contributed by atoms with E-state index in [2.05, 4.69) is 15.5 Å². The number of aromatic nitrogens is 4. The average molecular weight is 296 g/mol. The van der Waals surface area contributed by atoms with E-state index in [-0.39, 0.29) is 0 Å². The summed E-state index contributed by atoms with van der Waals surface area (Å²) in [5.74, 6) is 0.650. The molecule has 0 spiro atoms. The van der Waals surface area contributed by atoms with Gasteiger partial charge in [0, 0.05) is 25.8 Å². The van der Waals surface area contributed by atoms with Crippen molar-refractivity contribution >= 4 is 17.3 Å². The maximum absolute atomic E-state index is 6.03. The van der Waals surface area contributed by atoms with Crippen LogP contribution in [0.4, 0.5) is 5.69 Å². The molecule has 0 fully saturated rings. The van der Waals surface area contributed by atoms with Gasteiger partial charge in [0.2, 0.25) is 0 Å². The van der Waals surface area contributed by atoms with Gasteiger partial charge in [-0.2, -0.15) is 0 Å². The topological polar surface area (TPSA) is 78.8 Å². The van der Waals surface area contributed by atoms with E-state index in [9.17, 15) is 0 Å². The van der Waals surface area contributed by atoms with Crippen LogP contribution in [0.3, 0.4) is 0 Å². The number of nitrogen functional groups attached to an aromatic ring is 1. The number of hydrogen-bond donors (Lipinski definition) is 1. The van der Waals surface area contributed by atoms with Crippen LogP contribution in [0.1, 0.15) is 19.3 Å². The molecule has 0 bridgehead atoms. The lowest BCUT2D eigenvalue weighted by atomic mass is 10.1. The van der Waals surface area contributed by atoms with Crippen LogP contribution >= 0.6 is 11.6 Å². The van der Waals surface area contributed by atoms with Crippen molar-refractivity contribution in [2.45, 2.75) is 25.8 Å². The molecule has 20 heavy (non-hydrogen) atoms. The lowest BCUT2D eigenvalue weighted by Gasteiger charge is -2.08. The van der Waals surface area contributed by atoms with Crippen molar-refractivity contribution in [1.82, 2.24) is 20.2 Å². The Balaban J connectivity index is 2.06. The third-order valence-electron chi connectivity index (χ3n) is 3.04. The average Bonchev–Trinajstić information content (AvgIpc) is 2.90. The van der Waals surface area contributed by atoms with Gasteiger partial charge in [0.15, 0.2) is 5.82 Å². The standard InChI is InChI=1S/C13H18ClN5O/c1-20-9-4-2-3-8-19-13(16-17-18-19)10-6-5-7-11(14)12(10)15/h5-7H,2-4,8-9,15H2,1H3. The zero-order valence-corrected chi connectivity index (χ0v) is 12.2. The van der Waals surface area contributed by atoms with E-state index in [0.717, 1.165) is 38.0 Å². The molecular weight excluding hydrogens is 278 g/mol. The first-order chi connectivity index (χ1) is 9.74. The minimum absolute atomic E-state index is 0.504. The molecule has 2 N–H and O–H groups in total. The number of para-hydroxylation sites is 1. The van der Waals surface area contributed by atoms with Crippen LogP contribution in [0.15, 0.2) is 18.2 Å². The first-order valence-electron chi connectivity index (χ1n) is 6.53. The third kappa shape index (κ3) is 3.46. The number of ether oxygens (including phenoxy) is 1. The molecule has 1 aromatic carbocycles. The van der Waals surface area contributed by atoms with Gasteiger partial charge in [-0.25, -0.2) is 4.68 Å². The number of halogens is 1. The second-order valence-corrected chi connectivity index (χ2v) is 4.89. The van der Waals surface area contributed by atoms with Crippen molar-refractivity contribution in [3.8, 4) is 11.4 Å². The molecule has 0 aliphatic carbocycles. The first kappa shape index (κ1) is 14.7. The first-order valence-corrected chi connectivity index (χ1v) is 6.91. The van der Waals surface area contributed by atoms with Crippen LogP contribution in [-0.4, -0.2) is 33.9 Å². The Labute approximate surface area is 122 Å². The van der Waals surface area contributed by atoms with Crippen molar-refractivity contribution in [2.75, 3.05) is 19.5 Å². The number of tetrazole rings is 1. The van der Waals surface area contributed by atoms with E-state index >= 15 is 0 Å². The molecule has 6 nitrogen and oxygen atoms in total. The predicted octanol–water partition coefficient (Wildman–Crippen LogP) is 2.39. The number of nitrogens with two attached hydrogens (primary N) is 1. The van der Waals surface area contributed by atoms with E-state index in [1.54, 1.807) is 17.9 Å². The summed E-state index contributed by atoms with van der Waals surface area (Å²) in [6.07, 6.45) is 3.09. The number of rotatable bonds is 7. The Hall–Kier alpha value is -1.66. The second kappa shape index (κ2) is 7.21. The fraction of sp³-hybridized carbons (Fsp3) is 0.462. The highest BCUT2D eigenvalue weighted by atomic mass is 35.5. The summed E-state index contributed by atoms with van der Waals surface area (Å²) in [6, 6.07) is 5.46. The Kier molecular flexibility index (Phi) is 5.31. The van der Waals surface area contributed by atoms with Crippen molar-refractivity contribution < 1.29 is 4.74 Å². The van der Waals surface area contributed by atoms with E-state index in [1.165, 1.54) is 0 Å². The molecule has 1 heterocycles. The molecular formula is C13H18ClN5O. The summed E-state index contributed by atoms with van der Waals surface area (Å²) < 4.78 is 6.78. The monoisotopic (exact) mass is 295 g/mol. The van der Waals surface area contributed by atoms with Crippen LogP contribution in [0.2, 0.25) is 5.02 Å². The zero-order valence-electron chi connectivity index (χ0n) is 11.4. The largest absolute Gasteiger partial charge is 0.397 e. The minimum Gasteiger partial charge on any atom is -0.397 e. The smallest absolute Gasteiger partial charge is 0.184 e. The van der Waals surface area contributed by atoms with Gasteiger partial charge in [0.05, 0.1) is 10.7 Å². The van der Waals surface area contributed by atoms with Gasteiger partial charge in [-0.05, 0) is 41.8 Å². The van der Waals surface area contributed by atoms with Gasteiger partial charge < -0.3 is 10.5 Å². The van der Waals surface area contributed by atoms with Gasteiger partial charge in [-0.1, -0.05) is 17.7 Å². The Morgan fingerprint density at radius 3 is 2.95 bits per heavy atom. The molecule has 0 aliphatic heterocycles. The minimum atomic E-state index is 0.504. The summed E-state index contributed by atoms with van der Waals surface area (Å²) >= 11 is 6.03. The van der Waals surface area contributed by atoms with Gasteiger partial charge >= 0.3 is 0 Å². The summed E-state index contributed by atoms with van der Waals surface area (Å²) in [7, 11) is 1.71. The van der Waals surface area contributed by atoms with Crippen LogP contribution < -0.4 is 5.73 Å². The summed E-state index contributed by atoms with van der Waals surface area (Å²) in [5, 5.41) is 12.3. The number of anilines is 1. The van der Waals surface area contributed by atoms with Gasteiger partial charge in [0.1, 0.15) is 0 Å². The molecule has 0 saturated carbocycles. The quantitative estimate of drug-likeness (QED) is 0.627. The summed E-state index contributed by atoms with van der Waals surface area (Å²) in [4.78, 5) is 0. The lowest BCUT2D eigenvalue weighted by Crippen LogP contribution is -2.05.